The fraction of sp³-hybridized carbons (Fsp3) is 0.870. The molecule has 146 valence electrons. The molecule has 0 heterocycles. The van der Waals surface area contributed by atoms with Gasteiger partial charge in [0, 0.05) is 12.5 Å². The Labute approximate surface area is 157 Å². The van der Waals surface area contributed by atoms with E-state index < -0.39 is 0 Å². The molecule has 1 N–H and O–H groups in total. The molecule has 2 nitrogen and oxygen atoms in total. The monoisotopic (exact) mass is 349 g/mol. The lowest BCUT2D eigenvalue weighted by Gasteiger charge is -2.11. The van der Waals surface area contributed by atoms with Crippen molar-refractivity contribution >= 4 is 5.91 Å². The summed E-state index contributed by atoms with van der Waals surface area (Å²) in [5.74, 6) is 0.282. The largest absolute Gasteiger partial charge is 0.353 e. The SMILES string of the molecule is CCCCCCCC/C=C\CCCCCCCC(=O)NC1CCCC1. The number of rotatable bonds is 16. The maximum absolute atomic E-state index is 11.8. The van der Waals surface area contributed by atoms with Crippen molar-refractivity contribution in [1.29, 1.82) is 0 Å². The Bertz CT molecular complexity index is 331. The van der Waals surface area contributed by atoms with Crippen LogP contribution in [0, 0.1) is 0 Å². The summed E-state index contributed by atoms with van der Waals surface area (Å²) in [4.78, 5) is 11.8. The first-order valence-electron chi connectivity index (χ1n) is 11.3. The van der Waals surface area contributed by atoms with Crippen molar-refractivity contribution < 1.29 is 4.79 Å². The Hall–Kier alpha value is -0.790. The van der Waals surface area contributed by atoms with Gasteiger partial charge in [-0.05, 0) is 44.9 Å². The van der Waals surface area contributed by atoms with E-state index in [4.69, 9.17) is 0 Å². The van der Waals surface area contributed by atoms with Crippen molar-refractivity contribution in [3.05, 3.63) is 12.2 Å². The Kier molecular flexibility index (Phi) is 14.8. The molecular formula is C23H43NO. The molecule has 1 fully saturated rings. The summed E-state index contributed by atoms with van der Waals surface area (Å²) in [6.07, 6.45) is 27.5. The van der Waals surface area contributed by atoms with Crippen LogP contribution in [-0.4, -0.2) is 11.9 Å². The summed E-state index contributed by atoms with van der Waals surface area (Å²) >= 11 is 0. The van der Waals surface area contributed by atoms with Crippen molar-refractivity contribution in [1.82, 2.24) is 5.32 Å². The zero-order chi connectivity index (χ0) is 18.0. The summed E-state index contributed by atoms with van der Waals surface area (Å²) in [6.45, 7) is 2.27. The molecule has 25 heavy (non-hydrogen) atoms. The number of hydrogen-bond acceptors (Lipinski definition) is 1. The zero-order valence-corrected chi connectivity index (χ0v) is 16.9. The van der Waals surface area contributed by atoms with Crippen LogP contribution in [0.4, 0.5) is 0 Å². The van der Waals surface area contributed by atoms with Gasteiger partial charge in [-0.3, -0.25) is 4.79 Å². The van der Waals surface area contributed by atoms with E-state index in [1.165, 1.54) is 103 Å². The average molecular weight is 350 g/mol. The first kappa shape index (κ1) is 22.3. The van der Waals surface area contributed by atoms with E-state index in [2.05, 4.69) is 24.4 Å². The minimum Gasteiger partial charge on any atom is -0.353 e. The van der Waals surface area contributed by atoms with Gasteiger partial charge in [-0.2, -0.15) is 0 Å². The van der Waals surface area contributed by atoms with Gasteiger partial charge >= 0.3 is 0 Å². The van der Waals surface area contributed by atoms with Gasteiger partial charge < -0.3 is 5.32 Å². The zero-order valence-electron chi connectivity index (χ0n) is 16.9. The molecule has 0 spiro atoms. The smallest absolute Gasteiger partial charge is 0.220 e. The van der Waals surface area contributed by atoms with Gasteiger partial charge in [0.1, 0.15) is 0 Å². The van der Waals surface area contributed by atoms with Gasteiger partial charge in [-0.1, -0.05) is 83.3 Å². The van der Waals surface area contributed by atoms with Crippen LogP contribution < -0.4 is 5.32 Å². The molecule has 0 bridgehead atoms. The number of carbonyl (C=O) groups excluding carboxylic acids is 1. The summed E-state index contributed by atoms with van der Waals surface area (Å²) < 4.78 is 0. The maximum atomic E-state index is 11.8. The standard InChI is InChI=1S/C23H43NO/c1-2-3-4-5-6-7-8-9-10-11-12-13-14-15-16-21-23(25)24-22-19-17-18-20-22/h9-10,22H,2-8,11-21H2,1H3,(H,24,25)/b10-9-. The van der Waals surface area contributed by atoms with Crippen molar-refractivity contribution in [3.63, 3.8) is 0 Å². The number of carbonyl (C=O) groups is 1. The van der Waals surface area contributed by atoms with E-state index in [0.717, 1.165) is 12.8 Å². The fourth-order valence-electron chi connectivity index (χ4n) is 3.73. The van der Waals surface area contributed by atoms with Gasteiger partial charge in [-0.25, -0.2) is 0 Å². The van der Waals surface area contributed by atoms with Crippen LogP contribution in [0.1, 0.15) is 122 Å². The van der Waals surface area contributed by atoms with Gasteiger partial charge in [-0.15, -0.1) is 0 Å². The topological polar surface area (TPSA) is 29.1 Å². The molecule has 0 aromatic heterocycles. The summed E-state index contributed by atoms with van der Waals surface area (Å²) in [7, 11) is 0. The van der Waals surface area contributed by atoms with E-state index in [9.17, 15) is 4.79 Å². The second-order valence-corrected chi connectivity index (χ2v) is 7.88. The van der Waals surface area contributed by atoms with Crippen LogP contribution >= 0.6 is 0 Å². The van der Waals surface area contributed by atoms with Gasteiger partial charge in [0.2, 0.25) is 5.91 Å². The van der Waals surface area contributed by atoms with E-state index in [-0.39, 0.29) is 5.91 Å². The summed E-state index contributed by atoms with van der Waals surface area (Å²) in [5.41, 5.74) is 0. The quantitative estimate of drug-likeness (QED) is 0.234. The molecule has 1 aliphatic rings. The highest BCUT2D eigenvalue weighted by atomic mass is 16.1. The van der Waals surface area contributed by atoms with E-state index in [0.29, 0.717) is 6.04 Å². The van der Waals surface area contributed by atoms with E-state index >= 15 is 0 Å². The predicted octanol–water partition coefficient (Wildman–Crippen LogP) is 7.08. The van der Waals surface area contributed by atoms with E-state index in [1.54, 1.807) is 0 Å². The van der Waals surface area contributed by atoms with Crippen LogP contribution in [0.3, 0.4) is 0 Å². The molecule has 0 atom stereocenters. The minimum atomic E-state index is 0.282. The van der Waals surface area contributed by atoms with Crippen LogP contribution in [-0.2, 0) is 4.79 Å². The number of hydrogen-bond donors (Lipinski definition) is 1. The molecule has 1 rings (SSSR count). The summed E-state index contributed by atoms with van der Waals surface area (Å²) in [5, 5.41) is 3.18. The van der Waals surface area contributed by atoms with Crippen LogP contribution in [0.25, 0.3) is 0 Å². The highest BCUT2D eigenvalue weighted by Gasteiger charge is 2.16. The normalized spacial score (nSPS) is 15.2. The lowest BCUT2D eigenvalue weighted by Crippen LogP contribution is -2.32. The second-order valence-electron chi connectivity index (χ2n) is 7.88. The molecule has 0 radical (unpaired) electrons. The molecule has 0 aliphatic heterocycles. The Morgan fingerprint density at radius 2 is 1.32 bits per heavy atom. The number of amides is 1. The average Bonchev–Trinajstić information content (AvgIpc) is 3.11. The lowest BCUT2D eigenvalue weighted by atomic mass is 10.1. The molecule has 1 aliphatic carbocycles. The van der Waals surface area contributed by atoms with Crippen LogP contribution in [0.2, 0.25) is 0 Å². The highest BCUT2D eigenvalue weighted by molar-refractivity contribution is 5.76. The lowest BCUT2D eigenvalue weighted by molar-refractivity contribution is -0.121. The van der Waals surface area contributed by atoms with Gasteiger partial charge in [0.25, 0.3) is 0 Å². The molecule has 0 unspecified atom stereocenters. The third-order valence-electron chi connectivity index (χ3n) is 5.39. The van der Waals surface area contributed by atoms with Gasteiger partial charge in [0.05, 0.1) is 0 Å². The molecule has 2 heteroatoms. The van der Waals surface area contributed by atoms with Crippen molar-refractivity contribution in [2.24, 2.45) is 0 Å². The minimum absolute atomic E-state index is 0.282. The summed E-state index contributed by atoms with van der Waals surface area (Å²) in [6, 6.07) is 0.482. The molecular weight excluding hydrogens is 306 g/mol. The third-order valence-corrected chi connectivity index (χ3v) is 5.39. The Balaban J connectivity index is 1.76. The van der Waals surface area contributed by atoms with Gasteiger partial charge in [0.15, 0.2) is 0 Å². The molecule has 1 amide bonds. The van der Waals surface area contributed by atoms with Crippen molar-refractivity contribution in [2.75, 3.05) is 0 Å². The first-order chi connectivity index (χ1) is 12.3. The van der Waals surface area contributed by atoms with Crippen LogP contribution in [0.5, 0.6) is 0 Å². The molecule has 0 saturated heterocycles. The molecule has 0 aromatic rings. The second kappa shape index (κ2) is 16.7. The predicted molar refractivity (Wildman–Crippen MR) is 110 cm³/mol. The molecule has 1 saturated carbocycles. The maximum Gasteiger partial charge on any atom is 0.220 e. The molecule has 0 aromatic carbocycles. The Morgan fingerprint density at radius 3 is 1.92 bits per heavy atom. The number of nitrogens with one attached hydrogen (secondary N) is 1. The third kappa shape index (κ3) is 14.1. The van der Waals surface area contributed by atoms with Crippen molar-refractivity contribution in [2.45, 2.75) is 129 Å². The van der Waals surface area contributed by atoms with Crippen LogP contribution in [0.15, 0.2) is 12.2 Å². The first-order valence-corrected chi connectivity index (χ1v) is 11.3. The van der Waals surface area contributed by atoms with E-state index in [1.807, 2.05) is 0 Å². The highest BCUT2D eigenvalue weighted by Crippen LogP contribution is 2.18. The number of allylic oxidation sites excluding steroid dienone is 2. The number of unbranched alkanes of at least 4 members (excludes halogenated alkanes) is 11. The fourth-order valence-corrected chi connectivity index (χ4v) is 3.73. The Morgan fingerprint density at radius 1 is 0.800 bits per heavy atom. The van der Waals surface area contributed by atoms with Crippen molar-refractivity contribution in [3.8, 4) is 0 Å².